The summed E-state index contributed by atoms with van der Waals surface area (Å²) in [6.07, 6.45) is 1.77. The van der Waals surface area contributed by atoms with Crippen molar-refractivity contribution >= 4 is 5.69 Å². The van der Waals surface area contributed by atoms with Crippen LogP contribution in [0.3, 0.4) is 0 Å². The first-order chi connectivity index (χ1) is 9.58. The molecule has 0 radical (unpaired) electrons. The van der Waals surface area contributed by atoms with Gasteiger partial charge in [0.2, 0.25) is 0 Å². The zero-order valence-electron chi connectivity index (χ0n) is 11.5. The van der Waals surface area contributed by atoms with Crippen molar-refractivity contribution in [2.24, 2.45) is 0 Å². The van der Waals surface area contributed by atoms with Gasteiger partial charge in [0.15, 0.2) is 0 Å². The molecule has 1 heterocycles. The van der Waals surface area contributed by atoms with Gasteiger partial charge in [-0.2, -0.15) is 0 Å². The van der Waals surface area contributed by atoms with E-state index in [1.54, 1.807) is 18.3 Å². The Labute approximate surface area is 117 Å². The number of rotatable bonds is 5. The molecule has 0 saturated heterocycles. The number of benzene rings is 1. The molecule has 0 spiro atoms. The maximum Gasteiger partial charge on any atom is 0.269 e. The van der Waals surface area contributed by atoms with Crippen LogP contribution in [0, 0.1) is 10.1 Å². The minimum absolute atomic E-state index is 0.0906. The largest absolute Gasteiger partial charge is 0.302 e. The smallest absolute Gasteiger partial charge is 0.269 e. The van der Waals surface area contributed by atoms with E-state index in [0.29, 0.717) is 0 Å². The van der Waals surface area contributed by atoms with E-state index in [1.807, 2.05) is 32.0 Å². The van der Waals surface area contributed by atoms with Crippen molar-refractivity contribution < 1.29 is 4.92 Å². The summed E-state index contributed by atoms with van der Waals surface area (Å²) in [5.74, 6) is 0. The van der Waals surface area contributed by atoms with Gasteiger partial charge in [-0.1, -0.05) is 18.2 Å². The molecule has 0 aliphatic heterocycles. The third kappa shape index (κ3) is 3.39. The number of nitro benzene ring substituents is 1. The van der Waals surface area contributed by atoms with E-state index in [9.17, 15) is 10.1 Å². The number of hydrogen-bond donors (Lipinski definition) is 1. The number of nitrogens with one attached hydrogen (secondary N) is 1. The van der Waals surface area contributed by atoms with Gasteiger partial charge in [-0.25, -0.2) is 0 Å². The van der Waals surface area contributed by atoms with Gasteiger partial charge in [0.05, 0.1) is 10.6 Å². The maximum atomic E-state index is 10.6. The van der Waals surface area contributed by atoms with E-state index in [-0.39, 0.29) is 17.8 Å². The molecule has 2 rings (SSSR count). The van der Waals surface area contributed by atoms with Crippen LogP contribution >= 0.6 is 0 Å². The number of nitro groups is 1. The standard InChI is InChI=1S/C15H17N3O2/c1-11(13-6-8-14(9-7-13)18(19)20)17-12(2)15-5-3-4-10-16-15/h3-12,17H,1-2H3/t11?,12-/m0/s1. The molecule has 1 unspecified atom stereocenters. The highest BCUT2D eigenvalue weighted by molar-refractivity contribution is 5.34. The summed E-state index contributed by atoms with van der Waals surface area (Å²) in [6, 6.07) is 12.6. The van der Waals surface area contributed by atoms with Crippen LogP contribution in [0.15, 0.2) is 48.7 Å². The van der Waals surface area contributed by atoms with E-state index < -0.39 is 4.92 Å². The van der Waals surface area contributed by atoms with Crippen LogP contribution in [0.2, 0.25) is 0 Å². The van der Waals surface area contributed by atoms with Gasteiger partial charge < -0.3 is 5.32 Å². The molecule has 20 heavy (non-hydrogen) atoms. The normalized spacial score (nSPS) is 13.7. The second-order valence-electron chi connectivity index (χ2n) is 4.71. The molecular formula is C15H17N3O2. The monoisotopic (exact) mass is 271 g/mol. The Morgan fingerprint density at radius 1 is 1.10 bits per heavy atom. The molecule has 0 fully saturated rings. The summed E-state index contributed by atoms with van der Waals surface area (Å²) in [5.41, 5.74) is 2.10. The van der Waals surface area contributed by atoms with Gasteiger partial charge in [0.1, 0.15) is 0 Å². The first-order valence-electron chi connectivity index (χ1n) is 6.49. The molecule has 5 nitrogen and oxygen atoms in total. The van der Waals surface area contributed by atoms with Crippen molar-refractivity contribution in [1.29, 1.82) is 0 Å². The highest BCUT2D eigenvalue weighted by atomic mass is 16.6. The molecule has 1 aromatic carbocycles. The van der Waals surface area contributed by atoms with Crippen molar-refractivity contribution in [3.05, 3.63) is 70.0 Å². The summed E-state index contributed by atoms with van der Waals surface area (Å²) in [4.78, 5) is 14.5. The topological polar surface area (TPSA) is 68.1 Å². The third-order valence-corrected chi connectivity index (χ3v) is 3.24. The quantitative estimate of drug-likeness (QED) is 0.668. The lowest BCUT2D eigenvalue weighted by molar-refractivity contribution is -0.384. The van der Waals surface area contributed by atoms with E-state index in [4.69, 9.17) is 0 Å². The minimum atomic E-state index is -0.390. The van der Waals surface area contributed by atoms with Crippen molar-refractivity contribution in [1.82, 2.24) is 10.3 Å². The molecule has 1 N–H and O–H groups in total. The SMILES string of the molecule is CC(N[C@@H](C)c1ccccn1)c1ccc([N+](=O)[O-])cc1. The van der Waals surface area contributed by atoms with Crippen LogP contribution in [0.25, 0.3) is 0 Å². The Morgan fingerprint density at radius 2 is 1.80 bits per heavy atom. The fourth-order valence-corrected chi connectivity index (χ4v) is 2.07. The summed E-state index contributed by atoms with van der Waals surface area (Å²) in [5, 5.41) is 14.1. The third-order valence-electron chi connectivity index (χ3n) is 3.24. The molecule has 5 heteroatoms. The Morgan fingerprint density at radius 3 is 2.35 bits per heavy atom. The lowest BCUT2D eigenvalue weighted by Gasteiger charge is -2.19. The number of nitrogens with zero attached hydrogens (tertiary/aromatic N) is 2. The fourth-order valence-electron chi connectivity index (χ4n) is 2.07. The fraction of sp³-hybridized carbons (Fsp3) is 0.267. The molecule has 2 atom stereocenters. The predicted molar refractivity (Wildman–Crippen MR) is 77.3 cm³/mol. The number of non-ortho nitro benzene ring substituents is 1. The van der Waals surface area contributed by atoms with Crippen LogP contribution in [0.4, 0.5) is 5.69 Å². The lowest BCUT2D eigenvalue weighted by atomic mass is 10.1. The van der Waals surface area contributed by atoms with E-state index in [0.717, 1.165) is 11.3 Å². The van der Waals surface area contributed by atoms with E-state index >= 15 is 0 Å². The summed E-state index contributed by atoms with van der Waals surface area (Å²) in [7, 11) is 0. The van der Waals surface area contributed by atoms with E-state index in [1.165, 1.54) is 12.1 Å². The second-order valence-corrected chi connectivity index (χ2v) is 4.71. The Hall–Kier alpha value is -2.27. The first kappa shape index (κ1) is 14.1. The molecule has 2 aromatic rings. The molecule has 0 saturated carbocycles. The van der Waals surface area contributed by atoms with Gasteiger partial charge in [-0.15, -0.1) is 0 Å². The minimum Gasteiger partial charge on any atom is -0.302 e. The van der Waals surface area contributed by atoms with Crippen LogP contribution in [0.1, 0.15) is 37.2 Å². The summed E-state index contributed by atoms with van der Waals surface area (Å²) < 4.78 is 0. The Bertz CT molecular complexity index is 569. The molecule has 1 aromatic heterocycles. The van der Waals surface area contributed by atoms with Crippen LogP contribution < -0.4 is 5.32 Å². The summed E-state index contributed by atoms with van der Waals surface area (Å²) in [6.45, 7) is 4.07. The molecular weight excluding hydrogens is 254 g/mol. The van der Waals surface area contributed by atoms with Crippen LogP contribution in [-0.2, 0) is 0 Å². The molecule has 104 valence electrons. The Balaban J connectivity index is 2.04. The van der Waals surface area contributed by atoms with Gasteiger partial charge in [-0.3, -0.25) is 15.1 Å². The maximum absolute atomic E-state index is 10.6. The van der Waals surface area contributed by atoms with Crippen LogP contribution in [0.5, 0.6) is 0 Å². The molecule has 0 aliphatic carbocycles. The van der Waals surface area contributed by atoms with Crippen molar-refractivity contribution in [3.8, 4) is 0 Å². The molecule has 0 aliphatic rings. The predicted octanol–water partition coefficient (Wildman–Crippen LogP) is 3.40. The summed E-state index contributed by atoms with van der Waals surface area (Å²) >= 11 is 0. The highest BCUT2D eigenvalue weighted by Gasteiger charge is 2.13. The zero-order valence-corrected chi connectivity index (χ0v) is 11.5. The van der Waals surface area contributed by atoms with Gasteiger partial charge in [-0.05, 0) is 31.5 Å². The van der Waals surface area contributed by atoms with Crippen molar-refractivity contribution in [3.63, 3.8) is 0 Å². The van der Waals surface area contributed by atoms with Crippen molar-refractivity contribution in [2.45, 2.75) is 25.9 Å². The number of hydrogen-bond acceptors (Lipinski definition) is 4. The Kier molecular flexibility index (Phi) is 4.42. The van der Waals surface area contributed by atoms with E-state index in [2.05, 4.69) is 10.3 Å². The zero-order chi connectivity index (χ0) is 14.5. The van der Waals surface area contributed by atoms with Crippen molar-refractivity contribution in [2.75, 3.05) is 0 Å². The number of aromatic nitrogens is 1. The lowest BCUT2D eigenvalue weighted by Crippen LogP contribution is -2.23. The molecule has 0 amide bonds. The van der Waals surface area contributed by atoms with Gasteiger partial charge in [0, 0.05) is 30.4 Å². The van der Waals surface area contributed by atoms with Gasteiger partial charge >= 0.3 is 0 Å². The van der Waals surface area contributed by atoms with Gasteiger partial charge in [0.25, 0.3) is 5.69 Å². The first-order valence-corrected chi connectivity index (χ1v) is 6.49. The highest BCUT2D eigenvalue weighted by Crippen LogP contribution is 2.20. The second kappa shape index (κ2) is 6.25. The average Bonchev–Trinajstić information content (AvgIpc) is 2.48. The van der Waals surface area contributed by atoms with Crippen LogP contribution in [-0.4, -0.2) is 9.91 Å². The average molecular weight is 271 g/mol. The molecule has 0 bridgehead atoms. The number of pyridine rings is 1.